The lowest BCUT2D eigenvalue weighted by atomic mass is 10.0. The minimum Gasteiger partial charge on any atom is -0.456 e. The molecule has 0 aliphatic heterocycles. The summed E-state index contributed by atoms with van der Waals surface area (Å²) in [6.07, 6.45) is 0. The van der Waals surface area contributed by atoms with Crippen LogP contribution >= 0.6 is 0 Å². The number of para-hydroxylation sites is 1. The molecule has 3 rings (SSSR count). The predicted molar refractivity (Wildman–Crippen MR) is 80.7 cm³/mol. The van der Waals surface area contributed by atoms with Crippen molar-refractivity contribution in [1.29, 1.82) is 0 Å². The first-order chi connectivity index (χ1) is 10.1. The average Bonchev–Trinajstić information content (AvgIpc) is 2.84. The molecule has 1 aromatic heterocycles. The van der Waals surface area contributed by atoms with Crippen molar-refractivity contribution in [1.82, 2.24) is 0 Å². The van der Waals surface area contributed by atoms with E-state index >= 15 is 0 Å². The number of benzene rings is 2. The van der Waals surface area contributed by atoms with E-state index in [-0.39, 0.29) is 19.3 Å². The summed E-state index contributed by atoms with van der Waals surface area (Å²) in [4.78, 5) is 10.6. The Morgan fingerprint density at radius 2 is 1.90 bits per heavy atom. The first-order valence-corrected chi connectivity index (χ1v) is 6.68. The number of hydrogen-bond donors (Lipinski definition) is 2. The van der Waals surface area contributed by atoms with Crippen molar-refractivity contribution in [3.63, 3.8) is 0 Å². The third kappa shape index (κ3) is 2.74. The van der Waals surface area contributed by atoms with Gasteiger partial charge in [-0.2, -0.15) is 0 Å². The quantitative estimate of drug-likeness (QED) is 0.750. The predicted octanol–water partition coefficient (Wildman–Crippen LogP) is 2.09. The first kappa shape index (κ1) is 13.6. The summed E-state index contributed by atoms with van der Waals surface area (Å²) in [6, 6.07) is 13.4. The highest BCUT2D eigenvalue weighted by Gasteiger charge is 2.11. The highest BCUT2D eigenvalue weighted by atomic mass is 16.5. The van der Waals surface area contributed by atoms with Gasteiger partial charge in [0.05, 0.1) is 12.6 Å². The molecular weight excluding hydrogens is 268 g/mol. The van der Waals surface area contributed by atoms with Gasteiger partial charge >= 0.3 is 0 Å². The summed E-state index contributed by atoms with van der Waals surface area (Å²) in [5, 5.41) is 2.08. The van der Waals surface area contributed by atoms with Gasteiger partial charge < -0.3 is 20.6 Å². The van der Waals surface area contributed by atoms with Gasteiger partial charge in [-0.3, -0.25) is 4.79 Å². The van der Waals surface area contributed by atoms with Gasteiger partial charge in [-0.05, 0) is 23.8 Å². The maximum Gasteiger partial charge on any atom is 0.243 e. The molecule has 0 fully saturated rings. The fourth-order valence-electron chi connectivity index (χ4n) is 2.36. The van der Waals surface area contributed by atoms with Crippen LogP contribution in [0.15, 0.2) is 46.9 Å². The van der Waals surface area contributed by atoms with E-state index in [4.69, 9.17) is 20.6 Å². The minimum absolute atomic E-state index is 0.120. The molecule has 5 heteroatoms. The fraction of sp³-hybridized carbons (Fsp3) is 0.188. The molecule has 0 saturated carbocycles. The summed E-state index contributed by atoms with van der Waals surface area (Å²) < 4.78 is 10.9. The molecule has 1 unspecified atom stereocenters. The lowest BCUT2D eigenvalue weighted by molar-refractivity contribution is -0.122. The topological polar surface area (TPSA) is 91.5 Å². The number of primary amides is 1. The zero-order valence-corrected chi connectivity index (χ0v) is 11.4. The Morgan fingerprint density at radius 1 is 1.14 bits per heavy atom. The van der Waals surface area contributed by atoms with Crippen molar-refractivity contribution in [2.75, 3.05) is 13.2 Å². The third-order valence-electron chi connectivity index (χ3n) is 3.37. The second kappa shape index (κ2) is 5.55. The zero-order chi connectivity index (χ0) is 14.8. The number of ether oxygens (including phenoxy) is 1. The smallest absolute Gasteiger partial charge is 0.243 e. The van der Waals surface area contributed by atoms with Gasteiger partial charge in [0, 0.05) is 10.8 Å². The van der Waals surface area contributed by atoms with Crippen LogP contribution in [-0.4, -0.2) is 19.1 Å². The minimum atomic E-state index is -0.501. The monoisotopic (exact) mass is 284 g/mol. The normalized spacial score (nSPS) is 12.8. The van der Waals surface area contributed by atoms with Crippen molar-refractivity contribution in [3.8, 4) is 0 Å². The van der Waals surface area contributed by atoms with Gasteiger partial charge in [0.15, 0.2) is 0 Å². The van der Waals surface area contributed by atoms with Crippen molar-refractivity contribution in [2.24, 2.45) is 11.5 Å². The molecule has 4 N–H and O–H groups in total. The number of nitrogens with two attached hydrogens (primary N) is 2. The highest BCUT2D eigenvalue weighted by molar-refractivity contribution is 6.05. The summed E-state index contributed by atoms with van der Waals surface area (Å²) in [5.41, 5.74) is 13.7. The van der Waals surface area contributed by atoms with E-state index in [0.717, 1.165) is 27.5 Å². The van der Waals surface area contributed by atoms with E-state index in [0.29, 0.717) is 0 Å². The lowest BCUT2D eigenvalue weighted by Gasteiger charge is -2.11. The second-order valence-electron chi connectivity index (χ2n) is 4.94. The lowest BCUT2D eigenvalue weighted by Crippen LogP contribution is -2.23. The van der Waals surface area contributed by atoms with Gasteiger partial charge in [0.25, 0.3) is 0 Å². The maximum atomic E-state index is 10.6. The Morgan fingerprint density at radius 3 is 2.71 bits per heavy atom. The highest BCUT2D eigenvalue weighted by Crippen LogP contribution is 2.30. The Kier molecular flexibility index (Phi) is 3.60. The van der Waals surface area contributed by atoms with Gasteiger partial charge in [0.1, 0.15) is 17.8 Å². The standard InChI is InChI=1S/C16H16N2O3/c17-13(8-20-9-16(18)19)10-5-6-15-12(7-10)11-3-1-2-4-14(11)21-15/h1-7,13H,8-9,17H2,(H2,18,19). The number of furan rings is 1. The molecular formula is C16H16N2O3. The summed E-state index contributed by atoms with van der Waals surface area (Å²) >= 11 is 0. The van der Waals surface area contributed by atoms with Crippen LogP contribution < -0.4 is 11.5 Å². The third-order valence-corrected chi connectivity index (χ3v) is 3.37. The van der Waals surface area contributed by atoms with E-state index in [9.17, 15) is 4.79 Å². The fourth-order valence-corrected chi connectivity index (χ4v) is 2.36. The number of fused-ring (bicyclic) bond motifs is 3. The molecule has 108 valence electrons. The molecule has 0 aliphatic carbocycles. The van der Waals surface area contributed by atoms with E-state index in [2.05, 4.69) is 0 Å². The molecule has 0 aliphatic rings. The first-order valence-electron chi connectivity index (χ1n) is 6.68. The van der Waals surface area contributed by atoms with Crippen molar-refractivity contribution in [2.45, 2.75) is 6.04 Å². The number of carbonyl (C=O) groups is 1. The Hall–Kier alpha value is -2.37. The molecule has 1 heterocycles. The van der Waals surface area contributed by atoms with E-state index < -0.39 is 5.91 Å². The SMILES string of the molecule is NC(=O)COCC(N)c1ccc2oc3ccccc3c2c1. The molecule has 0 saturated heterocycles. The average molecular weight is 284 g/mol. The van der Waals surface area contributed by atoms with Crippen molar-refractivity contribution >= 4 is 27.8 Å². The second-order valence-corrected chi connectivity index (χ2v) is 4.94. The molecule has 1 amide bonds. The van der Waals surface area contributed by atoms with E-state index in [1.165, 1.54) is 0 Å². The van der Waals surface area contributed by atoms with Crippen LogP contribution in [0.3, 0.4) is 0 Å². The van der Waals surface area contributed by atoms with E-state index in [1.54, 1.807) is 0 Å². The van der Waals surface area contributed by atoms with Crippen LogP contribution in [0.1, 0.15) is 11.6 Å². The maximum absolute atomic E-state index is 10.6. The van der Waals surface area contributed by atoms with Gasteiger partial charge in [-0.1, -0.05) is 24.3 Å². The summed E-state index contributed by atoms with van der Waals surface area (Å²) in [5.74, 6) is -0.501. The van der Waals surface area contributed by atoms with Crippen LogP contribution in [0.4, 0.5) is 0 Å². The molecule has 0 radical (unpaired) electrons. The van der Waals surface area contributed by atoms with Crippen LogP contribution in [0.25, 0.3) is 21.9 Å². The Bertz CT molecular complexity index is 794. The molecule has 1 atom stereocenters. The molecule has 21 heavy (non-hydrogen) atoms. The number of carbonyl (C=O) groups excluding carboxylic acids is 1. The summed E-state index contributed by atoms with van der Waals surface area (Å²) in [6.45, 7) is 0.120. The van der Waals surface area contributed by atoms with Gasteiger partial charge in [0.2, 0.25) is 5.91 Å². The summed E-state index contributed by atoms with van der Waals surface area (Å²) in [7, 11) is 0. The molecule has 0 bridgehead atoms. The Balaban J connectivity index is 1.89. The number of hydrogen-bond acceptors (Lipinski definition) is 4. The van der Waals surface area contributed by atoms with Crippen LogP contribution in [0, 0.1) is 0 Å². The van der Waals surface area contributed by atoms with Gasteiger partial charge in [-0.15, -0.1) is 0 Å². The van der Waals surface area contributed by atoms with Crippen LogP contribution in [-0.2, 0) is 9.53 Å². The van der Waals surface area contributed by atoms with Gasteiger partial charge in [-0.25, -0.2) is 0 Å². The number of rotatable bonds is 5. The zero-order valence-electron chi connectivity index (χ0n) is 11.4. The molecule has 2 aromatic carbocycles. The number of amides is 1. The van der Waals surface area contributed by atoms with Crippen molar-refractivity contribution < 1.29 is 13.9 Å². The van der Waals surface area contributed by atoms with Crippen LogP contribution in [0.5, 0.6) is 0 Å². The van der Waals surface area contributed by atoms with Crippen molar-refractivity contribution in [3.05, 3.63) is 48.0 Å². The van der Waals surface area contributed by atoms with E-state index in [1.807, 2.05) is 42.5 Å². The van der Waals surface area contributed by atoms with Crippen LogP contribution in [0.2, 0.25) is 0 Å². The largest absolute Gasteiger partial charge is 0.456 e. The molecule has 3 aromatic rings. The Labute approximate surface area is 121 Å². The molecule has 5 nitrogen and oxygen atoms in total. The molecule has 0 spiro atoms.